The summed E-state index contributed by atoms with van der Waals surface area (Å²) in [5, 5.41) is 3.74. The van der Waals surface area contributed by atoms with E-state index in [-0.39, 0.29) is 0 Å². The van der Waals surface area contributed by atoms with Gasteiger partial charge in [0.2, 0.25) is 0 Å². The van der Waals surface area contributed by atoms with Crippen molar-refractivity contribution in [2.24, 2.45) is 5.92 Å². The largest absolute Gasteiger partial charge is 0.366 e. The van der Waals surface area contributed by atoms with Crippen molar-refractivity contribution in [3.8, 4) is 0 Å². The predicted molar refractivity (Wildman–Crippen MR) is 83.8 cm³/mol. The molecule has 2 heteroatoms. The van der Waals surface area contributed by atoms with Gasteiger partial charge < -0.3 is 10.2 Å². The molecule has 2 rings (SSSR count). The molecule has 0 saturated carbocycles. The average molecular weight is 260 g/mol. The van der Waals surface area contributed by atoms with Gasteiger partial charge in [0.25, 0.3) is 0 Å². The van der Waals surface area contributed by atoms with Crippen LogP contribution in [0.4, 0.5) is 5.69 Å². The standard InChI is InChI=1S/C17H28N2/c1-5-14(4)17-12-19(15(6-2)11-18-17)16-9-7-8-13(3)10-16/h7-10,14-15,17-18H,5-6,11-12H2,1-4H3. The van der Waals surface area contributed by atoms with Gasteiger partial charge in [-0.2, -0.15) is 0 Å². The quantitative estimate of drug-likeness (QED) is 0.890. The zero-order valence-electron chi connectivity index (χ0n) is 12.8. The van der Waals surface area contributed by atoms with Crippen molar-refractivity contribution in [2.45, 2.75) is 52.6 Å². The lowest BCUT2D eigenvalue weighted by molar-refractivity contribution is 0.306. The molecule has 0 bridgehead atoms. The zero-order chi connectivity index (χ0) is 13.8. The number of hydrogen-bond acceptors (Lipinski definition) is 2. The minimum absolute atomic E-state index is 0.619. The normalized spacial score (nSPS) is 25.4. The van der Waals surface area contributed by atoms with Gasteiger partial charge in [-0.05, 0) is 37.0 Å². The van der Waals surface area contributed by atoms with Crippen molar-refractivity contribution in [1.82, 2.24) is 5.32 Å². The van der Waals surface area contributed by atoms with Crippen LogP contribution in [0.5, 0.6) is 0 Å². The van der Waals surface area contributed by atoms with Crippen molar-refractivity contribution in [2.75, 3.05) is 18.0 Å². The first-order valence-corrected chi connectivity index (χ1v) is 7.72. The third-order valence-electron chi connectivity index (χ3n) is 4.59. The van der Waals surface area contributed by atoms with E-state index in [1.807, 2.05) is 0 Å². The molecule has 0 radical (unpaired) electrons. The number of benzene rings is 1. The predicted octanol–water partition coefficient (Wildman–Crippen LogP) is 3.60. The van der Waals surface area contributed by atoms with E-state index >= 15 is 0 Å². The number of aryl methyl sites for hydroxylation is 1. The molecule has 0 aliphatic carbocycles. The van der Waals surface area contributed by atoms with Crippen LogP contribution >= 0.6 is 0 Å². The molecule has 1 N–H and O–H groups in total. The maximum atomic E-state index is 3.74. The van der Waals surface area contributed by atoms with Crippen LogP contribution in [0.15, 0.2) is 24.3 Å². The molecule has 1 aliphatic heterocycles. The van der Waals surface area contributed by atoms with Crippen molar-refractivity contribution in [3.63, 3.8) is 0 Å². The summed E-state index contributed by atoms with van der Waals surface area (Å²) in [5.74, 6) is 0.741. The summed E-state index contributed by atoms with van der Waals surface area (Å²) in [6, 6.07) is 10.2. The first-order chi connectivity index (χ1) is 9.15. The maximum absolute atomic E-state index is 3.74. The van der Waals surface area contributed by atoms with Crippen LogP contribution in [-0.2, 0) is 0 Å². The minimum Gasteiger partial charge on any atom is -0.366 e. The van der Waals surface area contributed by atoms with E-state index in [4.69, 9.17) is 0 Å². The van der Waals surface area contributed by atoms with E-state index in [9.17, 15) is 0 Å². The van der Waals surface area contributed by atoms with E-state index in [2.05, 4.69) is 62.2 Å². The number of piperazine rings is 1. The van der Waals surface area contributed by atoms with Gasteiger partial charge in [0.15, 0.2) is 0 Å². The highest BCUT2D eigenvalue weighted by atomic mass is 15.2. The average Bonchev–Trinajstić information content (AvgIpc) is 2.45. The Labute approximate surface area is 118 Å². The smallest absolute Gasteiger partial charge is 0.0412 e. The van der Waals surface area contributed by atoms with Gasteiger partial charge in [-0.25, -0.2) is 0 Å². The minimum atomic E-state index is 0.619. The van der Waals surface area contributed by atoms with Crippen LogP contribution in [0.1, 0.15) is 39.2 Å². The summed E-state index contributed by atoms with van der Waals surface area (Å²) in [6.07, 6.45) is 2.45. The van der Waals surface area contributed by atoms with Crippen molar-refractivity contribution >= 4 is 5.69 Å². The van der Waals surface area contributed by atoms with Crippen LogP contribution < -0.4 is 10.2 Å². The summed E-state index contributed by atoms with van der Waals surface area (Å²) in [5.41, 5.74) is 2.74. The fraction of sp³-hybridized carbons (Fsp3) is 0.647. The molecule has 3 atom stereocenters. The molecule has 0 spiro atoms. The lowest BCUT2D eigenvalue weighted by Crippen LogP contribution is -2.58. The lowest BCUT2D eigenvalue weighted by atomic mass is 9.94. The fourth-order valence-corrected chi connectivity index (χ4v) is 2.98. The molecular formula is C17H28N2. The van der Waals surface area contributed by atoms with Crippen LogP contribution in [0.2, 0.25) is 0 Å². The Bertz CT molecular complexity index is 402. The molecular weight excluding hydrogens is 232 g/mol. The Morgan fingerprint density at radius 1 is 1.37 bits per heavy atom. The Morgan fingerprint density at radius 3 is 2.79 bits per heavy atom. The molecule has 1 aliphatic rings. The van der Waals surface area contributed by atoms with Gasteiger partial charge >= 0.3 is 0 Å². The maximum Gasteiger partial charge on any atom is 0.0412 e. The highest BCUT2D eigenvalue weighted by Crippen LogP contribution is 2.24. The van der Waals surface area contributed by atoms with Gasteiger partial charge in [0, 0.05) is 30.9 Å². The van der Waals surface area contributed by atoms with E-state index < -0.39 is 0 Å². The number of anilines is 1. The molecule has 1 aromatic rings. The number of hydrogen-bond donors (Lipinski definition) is 1. The number of nitrogens with zero attached hydrogens (tertiary/aromatic N) is 1. The van der Waals surface area contributed by atoms with E-state index in [0.29, 0.717) is 12.1 Å². The van der Waals surface area contributed by atoms with Gasteiger partial charge in [-0.3, -0.25) is 0 Å². The zero-order valence-corrected chi connectivity index (χ0v) is 12.8. The molecule has 106 valence electrons. The van der Waals surface area contributed by atoms with Crippen LogP contribution in [0.25, 0.3) is 0 Å². The molecule has 1 aromatic carbocycles. The first-order valence-electron chi connectivity index (χ1n) is 7.72. The molecule has 19 heavy (non-hydrogen) atoms. The molecule has 1 heterocycles. The Kier molecular flexibility index (Phi) is 4.87. The van der Waals surface area contributed by atoms with Gasteiger partial charge in [0.05, 0.1) is 0 Å². The molecule has 2 nitrogen and oxygen atoms in total. The van der Waals surface area contributed by atoms with Gasteiger partial charge in [-0.15, -0.1) is 0 Å². The third-order valence-corrected chi connectivity index (χ3v) is 4.59. The van der Waals surface area contributed by atoms with Crippen LogP contribution in [0.3, 0.4) is 0 Å². The Morgan fingerprint density at radius 2 is 2.16 bits per heavy atom. The van der Waals surface area contributed by atoms with Crippen LogP contribution in [-0.4, -0.2) is 25.2 Å². The van der Waals surface area contributed by atoms with Gasteiger partial charge in [-0.1, -0.05) is 39.3 Å². The second-order valence-electron chi connectivity index (χ2n) is 5.95. The van der Waals surface area contributed by atoms with E-state index in [1.54, 1.807) is 0 Å². The Balaban J connectivity index is 2.18. The molecule has 0 aromatic heterocycles. The third kappa shape index (κ3) is 3.30. The monoisotopic (exact) mass is 260 g/mol. The summed E-state index contributed by atoms with van der Waals surface area (Å²) in [7, 11) is 0. The van der Waals surface area contributed by atoms with Crippen molar-refractivity contribution in [1.29, 1.82) is 0 Å². The highest BCUT2D eigenvalue weighted by molar-refractivity contribution is 5.50. The molecule has 1 fully saturated rings. The van der Waals surface area contributed by atoms with Crippen molar-refractivity contribution < 1.29 is 0 Å². The lowest BCUT2D eigenvalue weighted by Gasteiger charge is -2.43. The summed E-state index contributed by atoms with van der Waals surface area (Å²) in [4.78, 5) is 2.61. The van der Waals surface area contributed by atoms with Crippen molar-refractivity contribution in [3.05, 3.63) is 29.8 Å². The summed E-state index contributed by atoms with van der Waals surface area (Å²) >= 11 is 0. The fourth-order valence-electron chi connectivity index (χ4n) is 2.98. The number of rotatable bonds is 4. The SMILES string of the molecule is CCC(C)C1CN(c2cccc(C)c2)C(CC)CN1. The van der Waals surface area contributed by atoms with E-state index in [1.165, 1.54) is 24.1 Å². The molecule has 1 saturated heterocycles. The topological polar surface area (TPSA) is 15.3 Å². The van der Waals surface area contributed by atoms with E-state index in [0.717, 1.165) is 19.0 Å². The second kappa shape index (κ2) is 6.42. The first kappa shape index (κ1) is 14.4. The number of nitrogens with one attached hydrogen (secondary N) is 1. The molecule has 0 amide bonds. The summed E-state index contributed by atoms with van der Waals surface area (Å²) in [6.45, 7) is 11.4. The van der Waals surface area contributed by atoms with Gasteiger partial charge in [0.1, 0.15) is 0 Å². The molecule has 3 unspecified atom stereocenters. The summed E-state index contributed by atoms with van der Waals surface area (Å²) < 4.78 is 0. The second-order valence-corrected chi connectivity index (χ2v) is 5.95. The van der Waals surface area contributed by atoms with Crippen LogP contribution in [0, 0.1) is 12.8 Å². The highest BCUT2D eigenvalue weighted by Gasteiger charge is 2.29. The Hall–Kier alpha value is -1.02.